The third-order valence-electron chi connectivity index (χ3n) is 1.90. The maximum Gasteiger partial charge on any atom is 0.128 e. The second kappa shape index (κ2) is 4.90. The number of hydrogen-bond donors (Lipinski definition) is 1. The smallest absolute Gasteiger partial charge is 0.128 e. The van der Waals surface area contributed by atoms with E-state index in [-0.39, 0.29) is 0 Å². The van der Waals surface area contributed by atoms with Crippen LogP contribution in [0.15, 0.2) is 58.3 Å². The van der Waals surface area contributed by atoms with Gasteiger partial charge >= 0.3 is 0 Å². The molecule has 0 radical (unpaired) electrons. The molecule has 0 saturated heterocycles. The Hall–Kier alpha value is -0.680. The number of halogens is 1. The van der Waals surface area contributed by atoms with Crippen LogP contribution in [0.4, 0.5) is 0 Å². The molecule has 0 heterocycles. The molecule has 0 bridgehead atoms. The molecule has 0 aromatic heterocycles. The summed E-state index contributed by atoms with van der Waals surface area (Å²) >= 11 is 3.82. The van der Waals surface area contributed by atoms with Gasteiger partial charge in [-0.05, 0) is 52.9 Å². The molecule has 0 saturated carbocycles. The van der Waals surface area contributed by atoms with E-state index < -0.39 is 0 Å². The lowest BCUT2D eigenvalue weighted by atomic mass is 10.3. The minimum atomic E-state index is 0.341. The summed E-state index contributed by atoms with van der Waals surface area (Å²) in [5, 5.41) is 9.39. The van der Waals surface area contributed by atoms with Crippen LogP contribution in [0.2, 0.25) is 0 Å². The quantitative estimate of drug-likeness (QED) is 0.836. The van der Waals surface area contributed by atoms with Crippen molar-refractivity contribution in [2.75, 3.05) is 0 Å². The summed E-state index contributed by atoms with van der Waals surface area (Å²) in [6.45, 7) is 0. The molecule has 1 nitrogen and oxygen atoms in total. The van der Waals surface area contributed by atoms with Gasteiger partial charge in [-0.2, -0.15) is 0 Å². The molecule has 0 spiro atoms. The van der Waals surface area contributed by atoms with E-state index in [0.29, 0.717) is 5.75 Å². The Morgan fingerprint density at radius 1 is 0.933 bits per heavy atom. The molecule has 3 heteroatoms. The topological polar surface area (TPSA) is 20.2 Å². The normalized spacial score (nSPS) is 10.2. The Bertz CT molecular complexity index is 456. The fourth-order valence-corrected chi connectivity index (χ4v) is 2.78. The Balaban J connectivity index is 2.22. The molecule has 0 atom stereocenters. The van der Waals surface area contributed by atoms with Gasteiger partial charge in [0.15, 0.2) is 0 Å². The first-order valence-corrected chi connectivity index (χ1v) is 6.36. The highest BCUT2D eigenvalue weighted by molar-refractivity contribution is 14.1. The number of phenols is 1. The van der Waals surface area contributed by atoms with Crippen LogP contribution in [0.25, 0.3) is 0 Å². The van der Waals surface area contributed by atoms with Crippen molar-refractivity contribution in [3.63, 3.8) is 0 Å². The Kier molecular flexibility index (Phi) is 3.53. The van der Waals surface area contributed by atoms with Crippen molar-refractivity contribution < 1.29 is 5.11 Å². The van der Waals surface area contributed by atoms with E-state index in [1.807, 2.05) is 30.3 Å². The van der Waals surface area contributed by atoms with Crippen molar-refractivity contribution in [2.45, 2.75) is 9.79 Å². The molecule has 0 amide bonds. The lowest BCUT2D eigenvalue weighted by Crippen LogP contribution is -1.76. The molecule has 0 aliphatic rings. The molecular formula is C12H9IOS. The zero-order valence-corrected chi connectivity index (χ0v) is 10.8. The summed E-state index contributed by atoms with van der Waals surface area (Å²) in [6, 6.07) is 15.8. The number of rotatable bonds is 2. The van der Waals surface area contributed by atoms with Gasteiger partial charge in [-0.15, -0.1) is 0 Å². The van der Waals surface area contributed by atoms with E-state index in [2.05, 4.69) is 34.7 Å². The molecule has 0 unspecified atom stereocenters. The van der Waals surface area contributed by atoms with Crippen molar-refractivity contribution in [3.05, 3.63) is 52.1 Å². The fourth-order valence-electron chi connectivity index (χ4n) is 1.18. The zero-order valence-electron chi connectivity index (χ0n) is 7.85. The van der Waals surface area contributed by atoms with E-state index in [0.717, 1.165) is 8.47 Å². The van der Waals surface area contributed by atoms with Crippen LogP contribution < -0.4 is 0 Å². The molecule has 76 valence electrons. The maximum absolute atomic E-state index is 9.39. The van der Waals surface area contributed by atoms with Crippen molar-refractivity contribution in [2.24, 2.45) is 0 Å². The second-order valence-electron chi connectivity index (χ2n) is 3.03. The molecule has 0 aliphatic carbocycles. The van der Waals surface area contributed by atoms with Crippen molar-refractivity contribution in [3.8, 4) is 5.75 Å². The first kappa shape index (κ1) is 10.8. The minimum Gasteiger partial charge on any atom is -0.507 e. The van der Waals surface area contributed by atoms with Crippen LogP contribution >= 0.6 is 34.4 Å². The summed E-state index contributed by atoms with van der Waals surface area (Å²) < 4.78 is 0.883. The number of hydrogen-bond acceptors (Lipinski definition) is 2. The van der Waals surface area contributed by atoms with Gasteiger partial charge in [-0.3, -0.25) is 0 Å². The van der Waals surface area contributed by atoms with Gasteiger partial charge < -0.3 is 5.11 Å². The van der Waals surface area contributed by atoms with Crippen LogP contribution in [0, 0.1) is 3.57 Å². The number of phenolic OH excluding ortho intramolecular Hbond substituents is 1. The average Bonchev–Trinajstić information content (AvgIpc) is 2.25. The average molecular weight is 328 g/mol. The highest BCUT2D eigenvalue weighted by Crippen LogP contribution is 2.31. The highest BCUT2D eigenvalue weighted by Gasteiger charge is 2.00. The van der Waals surface area contributed by atoms with Crippen molar-refractivity contribution in [1.29, 1.82) is 0 Å². The molecule has 2 rings (SSSR count). The van der Waals surface area contributed by atoms with E-state index in [1.165, 1.54) is 4.90 Å². The van der Waals surface area contributed by atoms with Gasteiger partial charge in [0.2, 0.25) is 0 Å². The Morgan fingerprint density at radius 3 is 2.33 bits per heavy atom. The van der Waals surface area contributed by atoms with Crippen molar-refractivity contribution >= 4 is 34.4 Å². The van der Waals surface area contributed by atoms with E-state index in [4.69, 9.17) is 0 Å². The summed E-state index contributed by atoms with van der Waals surface area (Å²) in [5.41, 5.74) is 0. The largest absolute Gasteiger partial charge is 0.507 e. The van der Waals surface area contributed by atoms with Crippen molar-refractivity contribution in [1.82, 2.24) is 0 Å². The third-order valence-corrected chi connectivity index (χ3v) is 3.76. The Morgan fingerprint density at radius 2 is 1.67 bits per heavy atom. The summed E-state index contributed by atoms with van der Waals surface area (Å²) in [4.78, 5) is 2.35. The number of benzene rings is 2. The predicted octanol–water partition coefficient (Wildman–Crippen LogP) is 4.15. The van der Waals surface area contributed by atoms with Crippen LogP contribution in [-0.4, -0.2) is 5.11 Å². The van der Waals surface area contributed by atoms with Gasteiger partial charge in [0.1, 0.15) is 5.75 Å². The number of aromatic hydroxyl groups is 1. The van der Waals surface area contributed by atoms with Gasteiger partial charge in [-0.1, -0.05) is 30.0 Å². The second-order valence-corrected chi connectivity index (χ2v) is 5.34. The molecule has 0 fully saturated rings. The summed E-state index contributed by atoms with van der Waals surface area (Å²) in [5.74, 6) is 0.341. The summed E-state index contributed by atoms with van der Waals surface area (Å²) in [7, 11) is 0. The molecule has 15 heavy (non-hydrogen) atoms. The van der Waals surface area contributed by atoms with E-state index in [1.54, 1.807) is 17.8 Å². The van der Waals surface area contributed by atoms with Gasteiger partial charge in [-0.25, -0.2) is 0 Å². The Labute approximate surface area is 107 Å². The zero-order chi connectivity index (χ0) is 10.7. The van der Waals surface area contributed by atoms with Crippen LogP contribution in [0.1, 0.15) is 0 Å². The molecule has 0 aliphatic heterocycles. The molecular weight excluding hydrogens is 319 g/mol. The third kappa shape index (κ3) is 2.89. The lowest BCUT2D eigenvalue weighted by molar-refractivity contribution is 0.471. The first-order chi connectivity index (χ1) is 7.25. The summed E-state index contributed by atoms with van der Waals surface area (Å²) in [6.07, 6.45) is 0. The monoisotopic (exact) mass is 328 g/mol. The van der Waals surface area contributed by atoms with Crippen LogP contribution in [0.5, 0.6) is 5.75 Å². The van der Waals surface area contributed by atoms with Crippen LogP contribution in [-0.2, 0) is 0 Å². The lowest BCUT2D eigenvalue weighted by Gasteiger charge is -2.03. The SMILES string of the molecule is Oc1ccc(Sc2ccccc2)cc1I. The van der Waals surface area contributed by atoms with E-state index in [9.17, 15) is 5.11 Å². The minimum absolute atomic E-state index is 0.341. The van der Waals surface area contributed by atoms with Gasteiger partial charge in [0, 0.05) is 9.79 Å². The van der Waals surface area contributed by atoms with Crippen LogP contribution in [0.3, 0.4) is 0 Å². The standard InChI is InChI=1S/C12H9IOS/c13-11-8-10(6-7-12(11)14)15-9-4-2-1-3-5-9/h1-8,14H. The molecule has 1 N–H and O–H groups in total. The van der Waals surface area contributed by atoms with Gasteiger partial charge in [0.05, 0.1) is 3.57 Å². The fraction of sp³-hybridized carbons (Fsp3) is 0. The van der Waals surface area contributed by atoms with E-state index >= 15 is 0 Å². The predicted molar refractivity (Wildman–Crippen MR) is 71.4 cm³/mol. The molecule has 2 aromatic rings. The maximum atomic E-state index is 9.39. The first-order valence-electron chi connectivity index (χ1n) is 4.47. The van der Waals surface area contributed by atoms with Gasteiger partial charge in [0.25, 0.3) is 0 Å². The highest BCUT2D eigenvalue weighted by atomic mass is 127. The molecule has 2 aromatic carbocycles.